The van der Waals surface area contributed by atoms with Crippen molar-refractivity contribution in [2.24, 2.45) is 4.99 Å². The molecule has 0 aliphatic rings. The van der Waals surface area contributed by atoms with E-state index in [-0.39, 0.29) is 0 Å². The van der Waals surface area contributed by atoms with E-state index in [1.807, 2.05) is 23.6 Å². The van der Waals surface area contributed by atoms with Crippen molar-refractivity contribution in [2.45, 2.75) is 13.3 Å². The smallest absolute Gasteiger partial charge is 0.232 e. The number of rotatable bonds is 5. The fourth-order valence-corrected chi connectivity index (χ4v) is 4.66. The van der Waals surface area contributed by atoms with Gasteiger partial charge in [-0.2, -0.15) is 4.99 Å². The van der Waals surface area contributed by atoms with Crippen LogP contribution >= 0.6 is 22.7 Å². The zero-order valence-electron chi connectivity index (χ0n) is 17.0. The maximum Gasteiger partial charge on any atom is 0.232 e. The number of aromatic nitrogens is 2. The molecule has 0 aliphatic heterocycles. The van der Waals surface area contributed by atoms with Crippen molar-refractivity contribution in [3.8, 4) is 27.6 Å². The number of hydrogen-bond donors (Lipinski definition) is 0. The second-order valence-corrected chi connectivity index (χ2v) is 8.59. The molecule has 0 spiro atoms. The van der Waals surface area contributed by atoms with Crippen molar-refractivity contribution >= 4 is 38.8 Å². The lowest BCUT2D eigenvalue weighted by molar-refractivity contribution is 0.406. The van der Waals surface area contributed by atoms with Gasteiger partial charge in [0.15, 0.2) is 11.3 Å². The molecule has 0 saturated heterocycles. The van der Waals surface area contributed by atoms with Gasteiger partial charge in [-0.1, -0.05) is 43.3 Å². The number of aryl methyl sites for hydroxylation is 1. The average Bonchev–Trinajstić information content (AvgIpc) is 3.51. The third-order valence-corrected chi connectivity index (χ3v) is 6.51. The standard InChI is InChI=1S/C24H19N3O2S2/c1-3-15-7-9-16(10-8-15)19-14-31-23(26-19)18-13-17-5-4-6-20(28-2)21(17)29-22(18)27-24-25-11-12-30-24/h4-14H,3H2,1-2H3/b27-22-. The van der Waals surface area contributed by atoms with E-state index in [0.29, 0.717) is 22.0 Å². The molecule has 3 aromatic heterocycles. The molecule has 5 aromatic rings. The molecule has 0 atom stereocenters. The van der Waals surface area contributed by atoms with Crippen molar-refractivity contribution in [3.05, 3.63) is 76.6 Å². The molecule has 0 fully saturated rings. The predicted octanol–water partition coefficient (Wildman–Crippen LogP) is 6.48. The number of methoxy groups -OCH3 is 1. The highest BCUT2D eigenvalue weighted by molar-refractivity contribution is 7.13. The van der Waals surface area contributed by atoms with E-state index >= 15 is 0 Å². The lowest BCUT2D eigenvalue weighted by atomic mass is 10.1. The van der Waals surface area contributed by atoms with Crippen LogP contribution in [-0.2, 0) is 6.42 Å². The lowest BCUT2D eigenvalue weighted by Gasteiger charge is -2.06. The molecule has 0 aliphatic carbocycles. The summed E-state index contributed by atoms with van der Waals surface area (Å²) in [4.78, 5) is 13.8. The highest BCUT2D eigenvalue weighted by Gasteiger charge is 2.14. The first-order valence-corrected chi connectivity index (χ1v) is 11.6. The Labute approximate surface area is 187 Å². The first-order chi connectivity index (χ1) is 15.2. The fraction of sp³-hybridized carbons (Fsp3) is 0.125. The van der Waals surface area contributed by atoms with Gasteiger partial charge in [0.1, 0.15) is 5.01 Å². The molecule has 0 N–H and O–H groups in total. The first kappa shape index (κ1) is 19.7. The summed E-state index contributed by atoms with van der Waals surface area (Å²) in [6.07, 6.45) is 2.75. The van der Waals surface area contributed by atoms with Crippen LogP contribution in [0.1, 0.15) is 12.5 Å². The van der Waals surface area contributed by atoms with Gasteiger partial charge < -0.3 is 9.15 Å². The lowest BCUT2D eigenvalue weighted by Crippen LogP contribution is -2.05. The van der Waals surface area contributed by atoms with Crippen LogP contribution in [-0.4, -0.2) is 17.1 Å². The third kappa shape index (κ3) is 3.89. The molecule has 0 unspecified atom stereocenters. The third-order valence-electron chi connectivity index (χ3n) is 4.97. The van der Waals surface area contributed by atoms with Crippen molar-refractivity contribution in [1.29, 1.82) is 0 Å². The molecule has 154 valence electrons. The van der Waals surface area contributed by atoms with Gasteiger partial charge in [-0.05, 0) is 24.1 Å². The van der Waals surface area contributed by atoms with Gasteiger partial charge in [-0.3, -0.25) is 0 Å². The summed E-state index contributed by atoms with van der Waals surface area (Å²) in [5, 5.41) is 6.36. The number of fused-ring (bicyclic) bond motifs is 1. The molecule has 0 bridgehead atoms. The maximum atomic E-state index is 6.23. The molecule has 2 aromatic carbocycles. The summed E-state index contributed by atoms with van der Waals surface area (Å²) in [5.74, 6) is 0.662. The predicted molar refractivity (Wildman–Crippen MR) is 126 cm³/mol. The van der Waals surface area contributed by atoms with E-state index in [0.717, 1.165) is 33.6 Å². The molecular formula is C24H19N3O2S2. The van der Waals surface area contributed by atoms with E-state index in [1.165, 1.54) is 16.9 Å². The minimum absolute atomic E-state index is 0.467. The number of benzene rings is 2. The largest absolute Gasteiger partial charge is 0.493 e. The topological polar surface area (TPSA) is 60.5 Å². The Balaban J connectivity index is 1.67. The van der Waals surface area contributed by atoms with Crippen LogP contribution in [0.2, 0.25) is 0 Å². The van der Waals surface area contributed by atoms with E-state index < -0.39 is 0 Å². The van der Waals surface area contributed by atoms with Gasteiger partial charge >= 0.3 is 0 Å². The van der Waals surface area contributed by atoms with Crippen molar-refractivity contribution in [3.63, 3.8) is 0 Å². The number of thiazole rings is 2. The molecular weight excluding hydrogens is 426 g/mol. The van der Waals surface area contributed by atoms with Crippen LogP contribution in [0.4, 0.5) is 5.13 Å². The second kappa shape index (κ2) is 8.45. The molecule has 0 radical (unpaired) electrons. The summed E-state index contributed by atoms with van der Waals surface area (Å²) in [7, 11) is 1.63. The van der Waals surface area contributed by atoms with Crippen molar-refractivity contribution < 1.29 is 9.15 Å². The van der Waals surface area contributed by atoms with E-state index in [9.17, 15) is 0 Å². The fourth-order valence-electron chi connectivity index (χ4n) is 3.32. The maximum absolute atomic E-state index is 6.23. The number of nitrogens with zero attached hydrogens (tertiary/aromatic N) is 3. The van der Waals surface area contributed by atoms with Gasteiger partial charge in [0.05, 0.1) is 18.4 Å². The van der Waals surface area contributed by atoms with E-state index in [2.05, 4.69) is 52.6 Å². The summed E-state index contributed by atoms with van der Waals surface area (Å²) in [6, 6.07) is 16.4. The zero-order valence-corrected chi connectivity index (χ0v) is 18.7. The Morgan fingerprint density at radius 3 is 2.71 bits per heavy atom. The van der Waals surface area contributed by atoms with Gasteiger partial charge in [-0.25, -0.2) is 9.97 Å². The monoisotopic (exact) mass is 445 g/mol. The minimum atomic E-state index is 0.467. The molecule has 31 heavy (non-hydrogen) atoms. The molecule has 0 amide bonds. The number of para-hydroxylation sites is 1. The molecule has 0 saturated carbocycles. The highest BCUT2D eigenvalue weighted by atomic mass is 32.1. The zero-order chi connectivity index (χ0) is 21.2. The van der Waals surface area contributed by atoms with Gasteiger partial charge in [0.25, 0.3) is 0 Å². The van der Waals surface area contributed by atoms with Crippen molar-refractivity contribution in [2.75, 3.05) is 7.11 Å². The summed E-state index contributed by atoms with van der Waals surface area (Å²) >= 11 is 3.03. The van der Waals surface area contributed by atoms with E-state index in [4.69, 9.17) is 14.1 Å². The number of ether oxygens (including phenoxy) is 1. The Hall–Kier alpha value is -3.29. The molecule has 5 rings (SSSR count). The van der Waals surface area contributed by atoms with Crippen LogP contribution in [0.15, 0.2) is 74.9 Å². The summed E-state index contributed by atoms with van der Waals surface area (Å²) < 4.78 is 11.7. The van der Waals surface area contributed by atoms with Gasteiger partial charge in [0, 0.05) is 27.9 Å². The Kier molecular flexibility index (Phi) is 5.36. The van der Waals surface area contributed by atoms with Crippen LogP contribution in [0.5, 0.6) is 5.75 Å². The minimum Gasteiger partial charge on any atom is -0.493 e. The van der Waals surface area contributed by atoms with Crippen LogP contribution in [0, 0.1) is 0 Å². The molecule has 5 nitrogen and oxygen atoms in total. The second-order valence-electron chi connectivity index (χ2n) is 6.86. The van der Waals surface area contributed by atoms with Gasteiger partial charge in [-0.15, -0.1) is 22.7 Å². The quantitative estimate of drug-likeness (QED) is 0.310. The Bertz CT molecular complexity index is 1400. The van der Waals surface area contributed by atoms with Crippen LogP contribution in [0.3, 0.4) is 0 Å². The van der Waals surface area contributed by atoms with Gasteiger partial charge in [0.2, 0.25) is 10.7 Å². The van der Waals surface area contributed by atoms with Crippen LogP contribution < -0.4 is 10.3 Å². The average molecular weight is 446 g/mol. The molecule has 3 heterocycles. The SMILES string of the molecule is CCc1ccc(-c2csc(-c3cc4cccc(OC)c4o/c3=N\c3nccs3)n2)cc1. The summed E-state index contributed by atoms with van der Waals surface area (Å²) in [5.41, 5.74) is 5.29. The Morgan fingerprint density at radius 2 is 1.97 bits per heavy atom. The first-order valence-electron chi connectivity index (χ1n) is 9.85. The van der Waals surface area contributed by atoms with E-state index in [1.54, 1.807) is 24.6 Å². The molecule has 7 heteroatoms. The normalized spacial score (nSPS) is 11.9. The number of hydrogen-bond acceptors (Lipinski definition) is 7. The highest BCUT2D eigenvalue weighted by Crippen LogP contribution is 2.32. The Morgan fingerprint density at radius 1 is 1.10 bits per heavy atom. The summed E-state index contributed by atoms with van der Waals surface area (Å²) in [6.45, 7) is 2.15. The van der Waals surface area contributed by atoms with Crippen LogP contribution in [0.25, 0.3) is 32.8 Å². The van der Waals surface area contributed by atoms with Crippen molar-refractivity contribution in [1.82, 2.24) is 9.97 Å².